The third-order valence-corrected chi connectivity index (χ3v) is 3.08. The lowest BCUT2D eigenvalue weighted by molar-refractivity contribution is 0.566. The molecule has 1 aromatic rings. The van der Waals surface area contributed by atoms with Gasteiger partial charge in [0, 0.05) is 4.47 Å². The van der Waals surface area contributed by atoms with Gasteiger partial charge in [-0.3, -0.25) is 0 Å². The largest absolute Gasteiger partial charge is 0.242 e. The lowest BCUT2D eigenvalue weighted by atomic mass is 10.2. The molecule has 0 amide bonds. The number of primary sulfonamides is 1. The average Bonchev–Trinajstić information content (AvgIpc) is 2.06. The first-order valence-electron chi connectivity index (χ1n) is 3.29. The zero-order valence-corrected chi connectivity index (χ0v) is 9.06. The van der Waals surface area contributed by atoms with Gasteiger partial charge in [-0.2, -0.15) is 5.26 Å². The fraction of sp³-hybridized carbons (Fsp3) is 0. The summed E-state index contributed by atoms with van der Waals surface area (Å²) in [4.78, 5) is -0.783. The molecule has 0 aliphatic carbocycles. The second kappa shape index (κ2) is 3.65. The maximum Gasteiger partial charge on any atom is 0.242 e. The molecule has 1 rings (SSSR count). The highest BCUT2D eigenvalue weighted by atomic mass is 79.9. The first-order valence-corrected chi connectivity index (χ1v) is 5.62. The van der Waals surface area contributed by atoms with E-state index in [0.29, 0.717) is 0 Å². The van der Waals surface area contributed by atoms with E-state index in [9.17, 15) is 12.8 Å². The lowest BCUT2D eigenvalue weighted by Gasteiger charge is -2.03. The van der Waals surface area contributed by atoms with Crippen molar-refractivity contribution in [2.45, 2.75) is 4.90 Å². The summed E-state index contributed by atoms with van der Waals surface area (Å²) in [5, 5.41) is 13.4. The van der Waals surface area contributed by atoms with Crippen molar-refractivity contribution in [3.05, 3.63) is 28.0 Å². The summed E-state index contributed by atoms with van der Waals surface area (Å²) in [6, 6.07) is 3.73. The van der Waals surface area contributed by atoms with Crippen LogP contribution in [0.4, 0.5) is 4.39 Å². The van der Waals surface area contributed by atoms with Gasteiger partial charge in [-0.05, 0) is 28.1 Å². The van der Waals surface area contributed by atoms with Gasteiger partial charge in [0.15, 0.2) is 0 Å². The van der Waals surface area contributed by atoms with E-state index in [-0.39, 0.29) is 10.0 Å². The number of nitrogens with two attached hydrogens (primary N) is 1. The van der Waals surface area contributed by atoms with Gasteiger partial charge >= 0.3 is 0 Å². The van der Waals surface area contributed by atoms with E-state index in [1.165, 1.54) is 6.07 Å². The summed E-state index contributed by atoms with van der Waals surface area (Å²) >= 11 is 2.92. The van der Waals surface area contributed by atoms with E-state index in [2.05, 4.69) is 15.9 Å². The lowest BCUT2D eigenvalue weighted by Crippen LogP contribution is -2.16. The fourth-order valence-corrected chi connectivity index (χ4v) is 2.25. The van der Waals surface area contributed by atoms with Gasteiger partial charge in [-0.25, -0.2) is 17.9 Å². The Labute approximate surface area is 88.3 Å². The molecule has 14 heavy (non-hydrogen) atoms. The maximum absolute atomic E-state index is 13.1. The zero-order chi connectivity index (χ0) is 10.9. The molecular formula is C7H4BrFN2O2S. The minimum Gasteiger partial charge on any atom is -0.224 e. The summed E-state index contributed by atoms with van der Waals surface area (Å²) in [7, 11) is -4.23. The molecular weight excluding hydrogens is 275 g/mol. The van der Waals surface area contributed by atoms with Crippen LogP contribution in [-0.2, 0) is 10.0 Å². The van der Waals surface area contributed by atoms with Crippen molar-refractivity contribution in [2.24, 2.45) is 5.14 Å². The molecule has 0 spiro atoms. The van der Waals surface area contributed by atoms with Crippen molar-refractivity contribution >= 4 is 26.0 Å². The molecule has 0 saturated carbocycles. The molecule has 0 unspecified atom stereocenters. The highest BCUT2D eigenvalue weighted by Gasteiger charge is 2.21. The van der Waals surface area contributed by atoms with Crippen LogP contribution in [0.2, 0.25) is 0 Å². The highest BCUT2D eigenvalue weighted by molar-refractivity contribution is 9.10. The summed E-state index contributed by atoms with van der Waals surface area (Å²) in [5.41, 5.74) is -0.326. The van der Waals surface area contributed by atoms with E-state index >= 15 is 0 Å². The molecule has 4 nitrogen and oxygen atoms in total. The van der Waals surface area contributed by atoms with Crippen LogP contribution in [0.1, 0.15) is 5.56 Å². The number of benzene rings is 1. The third kappa shape index (κ3) is 1.92. The van der Waals surface area contributed by atoms with Crippen LogP contribution < -0.4 is 5.14 Å². The number of sulfonamides is 1. The van der Waals surface area contributed by atoms with Gasteiger partial charge in [0.1, 0.15) is 16.8 Å². The Morgan fingerprint density at radius 3 is 2.43 bits per heavy atom. The van der Waals surface area contributed by atoms with Gasteiger partial charge in [0.05, 0.1) is 5.56 Å². The molecule has 0 bridgehead atoms. The second-order valence-electron chi connectivity index (χ2n) is 2.39. The predicted molar refractivity (Wildman–Crippen MR) is 50.2 cm³/mol. The van der Waals surface area contributed by atoms with E-state index < -0.39 is 20.7 Å². The topological polar surface area (TPSA) is 83.9 Å². The summed E-state index contributed by atoms with van der Waals surface area (Å²) < 4.78 is 35.2. The smallest absolute Gasteiger partial charge is 0.224 e. The predicted octanol–water partition coefficient (Wildman–Crippen LogP) is 1.11. The van der Waals surface area contributed by atoms with Crippen LogP contribution in [0.3, 0.4) is 0 Å². The molecule has 0 atom stereocenters. The Morgan fingerprint density at radius 1 is 1.50 bits per heavy atom. The third-order valence-electron chi connectivity index (χ3n) is 1.46. The molecule has 0 saturated heterocycles. The Bertz CT molecular complexity index is 521. The van der Waals surface area contributed by atoms with E-state index in [4.69, 9.17) is 10.4 Å². The number of hydrogen-bond acceptors (Lipinski definition) is 3. The fourth-order valence-electron chi connectivity index (χ4n) is 0.916. The van der Waals surface area contributed by atoms with Crippen LogP contribution in [0.5, 0.6) is 0 Å². The average molecular weight is 279 g/mol. The Morgan fingerprint density at radius 2 is 2.07 bits per heavy atom. The van der Waals surface area contributed by atoms with Crippen molar-refractivity contribution in [2.75, 3.05) is 0 Å². The minimum atomic E-state index is -4.23. The van der Waals surface area contributed by atoms with Gasteiger partial charge in [-0.1, -0.05) is 0 Å². The Hall–Kier alpha value is -0.970. The Kier molecular flexibility index (Phi) is 2.89. The van der Waals surface area contributed by atoms with E-state index in [1.54, 1.807) is 6.07 Å². The summed E-state index contributed by atoms with van der Waals surface area (Å²) in [6.45, 7) is 0. The second-order valence-corrected chi connectivity index (χ2v) is 4.74. The van der Waals surface area contributed by atoms with E-state index in [0.717, 1.165) is 6.07 Å². The molecule has 2 N–H and O–H groups in total. The van der Waals surface area contributed by atoms with Gasteiger partial charge in [-0.15, -0.1) is 0 Å². The van der Waals surface area contributed by atoms with Crippen LogP contribution in [0.15, 0.2) is 21.5 Å². The number of nitriles is 1. The van der Waals surface area contributed by atoms with Gasteiger partial charge < -0.3 is 0 Å². The summed E-state index contributed by atoms with van der Waals surface area (Å²) in [6.07, 6.45) is 0. The van der Waals surface area contributed by atoms with Crippen molar-refractivity contribution < 1.29 is 12.8 Å². The molecule has 0 aliphatic rings. The minimum absolute atomic E-state index is 0.186. The van der Waals surface area contributed by atoms with E-state index in [1.807, 2.05) is 0 Å². The van der Waals surface area contributed by atoms with Gasteiger partial charge in [0.25, 0.3) is 0 Å². The number of rotatable bonds is 1. The zero-order valence-electron chi connectivity index (χ0n) is 6.66. The number of hydrogen-bond donors (Lipinski definition) is 1. The first-order chi connectivity index (χ1) is 6.38. The van der Waals surface area contributed by atoms with Crippen molar-refractivity contribution in [3.8, 4) is 6.07 Å². The highest BCUT2D eigenvalue weighted by Crippen LogP contribution is 2.25. The van der Waals surface area contributed by atoms with Crippen LogP contribution >= 0.6 is 15.9 Å². The first kappa shape index (κ1) is 11.1. The van der Waals surface area contributed by atoms with Crippen LogP contribution in [0, 0.1) is 17.1 Å². The molecule has 0 radical (unpaired) electrons. The Balaban J connectivity index is 3.74. The quantitative estimate of drug-likeness (QED) is 0.835. The van der Waals surface area contributed by atoms with Crippen molar-refractivity contribution in [3.63, 3.8) is 0 Å². The van der Waals surface area contributed by atoms with Crippen LogP contribution in [-0.4, -0.2) is 8.42 Å². The monoisotopic (exact) mass is 278 g/mol. The molecule has 0 fully saturated rings. The normalized spacial score (nSPS) is 11.0. The van der Waals surface area contributed by atoms with Crippen molar-refractivity contribution in [1.82, 2.24) is 0 Å². The maximum atomic E-state index is 13.1. The molecule has 0 aromatic heterocycles. The van der Waals surface area contributed by atoms with Gasteiger partial charge in [0.2, 0.25) is 10.0 Å². The number of halogens is 2. The SMILES string of the molecule is N#Cc1c(Br)ccc(F)c1S(N)(=O)=O. The molecule has 0 aliphatic heterocycles. The number of nitrogens with zero attached hydrogens (tertiary/aromatic N) is 1. The molecule has 7 heteroatoms. The molecule has 0 heterocycles. The molecule has 74 valence electrons. The molecule has 1 aromatic carbocycles. The standard InChI is InChI=1S/C7H4BrFN2O2S/c8-5-1-2-6(9)7(4(5)3-10)14(11,12)13/h1-2H,(H2,11,12,13). The van der Waals surface area contributed by atoms with Crippen molar-refractivity contribution in [1.29, 1.82) is 5.26 Å². The summed E-state index contributed by atoms with van der Waals surface area (Å²) in [5.74, 6) is -1.03. The van der Waals surface area contributed by atoms with Crippen LogP contribution in [0.25, 0.3) is 0 Å².